The molecule has 2 N–H and O–H groups in total. The quantitative estimate of drug-likeness (QED) is 0.342. The molecule has 0 saturated carbocycles. The molecule has 7 nitrogen and oxygen atoms in total. The van der Waals surface area contributed by atoms with Gasteiger partial charge in [-0.05, 0) is 37.5 Å². The average molecular weight is 496 g/mol. The molecule has 1 heterocycles. The van der Waals surface area contributed by atoms with Crippen LogP contribution in [0.3, 0.4) is 0 Å². The molecule has 1 unspecified atom stereocenters. The summed E-state index contributed by atoms with van der Waals surface area (Å²) in [4.78, 5) is 4.53. The molecule has 1 aliphatic heterocycles. The van der Waals surface area contributed by atoms with E-state index < -0.39 is 10.0 Å². The van der Waals surface area contributed by atoms with Gasteiger partial charge in [0, 0.05) is 39.8 Å². The van der Waals surface area contributed by atoms with Crippen LogP contribution in [0.15, 0.2) is 34.2 Å². The lowest BCUT2D eigenvalue weighted by molar-refractivity contribution is 0.179. The van der Waals surface area contributed by atoms with Gasteiger partial charge in [0.25, 0.3) is 0 Å². The Balaban J connectivity index is 0.00000338. The molecule has 9 heteroatoms. The van der Waals surface area contributed by atoms with Gasteiger partial charge in [-0.2, -0.15) is 4.31 Å². The van der Waals surface area contributed by atoms with Crippen LogP contribution in [-0.2, 0) is 21.3 Å². The van der Waals surface area contributed by atoms with Gasteiger partial charge in [-0.3, -0.25) is 4.99 Å². The van der Waals surface area contributed by atoms with Crippen LogP contribution in [0.1, 0.15) is 25.3 Å². The Morgan fingerprint density at radius 1 is 1.27 bits per heavy atom. The van der Waals surface area contributed by atoms with Crippen molar-refractivity contribution in [1.82, 2.24) is 14.9 Å². The second-order valence-electron chi connectivity index (χ2n) is 6.18. The maximum absolute atomic E-state index is 12.5. The number of hydrogen-bond acceptors (Lipinski definition) is 4. The lowest BCUT2D eigenvalue weighted by atomic mass is 10.2. The first-order valence-corrected chi connectivity index (χ1v) is 9.96. The Labute approximate surface area is 173 Å². The fourth-order valence-corrected chi connectivity index (χ4v) is 4.28. The molecule has 1 aliphatic rings. The molecule has 0 amide bonds. The van der Waals surface area contributed by atoms with Gasteiger partial charge in [0.05, 0.1) is 11.5 Å². The van der Waals surface area contributed by atoms with Crippen molar-refractivity contribution in [3.8, 4) is 0 Å². The molecule has 0 bridgehead atoms. The zero-order valence-corrected chi connectivity index (χ0v) is 18.7. The molecule has 0 aliphatic carbocycles. The first kappa shape index (κ1) is 23.1. The van der Waals surface area contributed by atoms with E-state index in [1.165, 1.54) is 0 Å². The highest BCUT2D eigenvalue weighted by atomic mass is 127. The lowest BCUT2D eigenvalue weighted by Gasteiger charge is -2.18. The predicted octanol–water partition coefficient (Wildman–Crippen LogP) is 1.79. The normalized spacial score (nSPS) is 16.8. The first-order chi connectivity index (χ1) is 12.0. The number of nitrogens with zero attached hydrogens (tertiary/aromatic N) is 2. The molecule has 2 rings (SSSR count). The number of sulfonamides is 1. The van der Waals surface area contributed by atoms with Gasteiger partial charge in [-0.1, -0.05) is 12.1 Å². The minimum absolute atomic E-state index is 0. The fraction of sp³-hybridized carbons (Fsp3) is 0.588. The highest BCUT2D eigenvalue weighted by Crippen LogP contribution is 2.21. The van der Waals surface area contributed by atoms with Crippen LogP contribution in [0, 0.1) is 0 Å². The van der Waals surface area contributed by atoms with Gasteiger partial charge in [0.15, 0.2) is 5.96 Å². The van der Waals surface area contributed by atoms with Crippen LogP contribution >= 0.6 is 24.0 Å². The van der Waals surface area contributed by atoms with Crippen molar-refractivity contribution < 1.29 is 13.2 Å². The van der Waals surface area contributed by atoms with E-state index in [4.69, 9.17) is 4.74 Å². The van der Waals surface area contributed by atoms with Gasteiger partial charge >= 0.3 is 0 Å². The van der Waals surface area contributed by atoms with E-state index in [2.05, 4.69) is 15.6 Å². The minimum Gasteiger partial charge on any atom is -0.383 e. The van der Waals surface area contributed by atoms with Crippen molar-refractivity contribution in [2.24, 2.45) is 4.99 Å². The van der Waals surface area contributed by atoms with E-state index in [9.17, 15) is 8.42 Å². The van der Waals surface area contributed by atoms with Crippen LogP contribution in [0.5, 0.6) is 0 Å². The Morgan fingerprint density at radius 3 is 2.42 bits per heavy atom. The largest absolute Gasteiger partial charge is 0.383 e. The van der Waals surface area contributed by atoms with Gasteiger partial charge in [0.1, 0.15) is 0 Å². The standard InChI is InChI=1S/C17H28N4O3S.HI/c1-14(13-24-3)20-17(18-2)19-12-15-6-8-16(9-7-15)25(22,23)21-10-4-5-11-21;/h6-9,14H,4-5,10-13H2,1-3H3,(H2,18,19,20);1H. The fourth-order valence-electron chi connectivity index (χ4n) is 2.76. The third kappa shape index (κ3) is 6.36. The van der Waals surface area contributed by atoms with Crippen LogP contribution in [-0.4, -0.2) is 58.6 Å². The number of benzene rings is 1. The zero-order valence-electron chi connectivity index (χ0n) is 15.6. The van der Waals surface area contributed by atoms with E-state index in [0.717, 1.165) is 18.4 Å². The first-order valence-electron chi connectivity index (χ1n) is 8.52. The summed E-state index contributed by atoms with van der Waals surface area (Å²) in [6.45, 7) is 4.39. The van der Waals surface area contributed by atoms with Gasteiger partial charge in [-0.25, -0.2) is 8.42 Å². The minimum atomic E-state index is -3.35. The molecule has 26 heavy (non-hydrogen) atoms. The van der Waals surface area contributed by atoms with E-state index >= 15 is 0 Å². The summed E-state index contributed by atoms with van der Waals surface area (Å²) >= 11 is 0. The molecular weight excluding hydrogens is 467 g/mol. The molecule has 1 saturated heterocycles. The van der Waals surface area contributed by atoms with Gasteiger partial charge < -0.3 is 15.4 Å². The van der Waals surface area contributed by atoms with Gasteiger partial charge in [-0.15, -0.1) is 24.0 Å². The van der Waals surface area contributed by atoms with Crippen molar-refractivity contribution in [3.05, 3.63) is 29.8 Å². The summed E-state index contributed by atoms with van der Waals surface area (Å²) in [5.41, 5.74) is 0.989. The third-order valence-corrected chi connectivity index (χ3v) is 6.02. The van der Waals surface area contributed by atoms with Crippen molar-refractivity contribution >= 4 is 40.0 Å². The highest BCUT2D eigenvalue weighted by molar-refractivity contribution is 14.0. The number of hydrogen-bond donors (Lipinski definition) is 2. The van der Waals surface area contributed by atoms with E-state index in [1.54, 1.807) is 30.6 Å². The van der Waals surface area contributed by atoms with Crippen molar-refractivity contribution in [2.75, 3.05) is 33.9 Å². The van der Waals surface area contributed by atoms with Crippen molar-refractivity contribution in [1.29, 1.82) is 0 Å². The monoisotopic (exact) mass is 496 g/mol. The van der Waals surface area contributed by atoms with E-state index in [-0.39, 0.29) is 30.0 Å². The summed E-state index contributed by atoms with van der Waals surface area (Å²) in [7, 11) is 0.0171. The van der Waals surface area contributed by atoms with Crippen molar-refractivity contribution in [2.45, 2.75) is 37.2 Å². The number of ether oxygens (including phenoxy) is 1. The summed E-state index contributed by atoms with van der Waals surface area (Å²) in [5, 5.41) is 6.43. The van der Waals surface area contributed by atoms with E-state index in [0.29, 0.717) is 37.1 Å². The lowest BCUT2D eigenvalue weighted by Crippen LogP contribution is -2.43. The topological polar surface area (TPSA) is 83.0 Å². The smallest absolute Gasteiger partial charge is 0.243 e. The number of methoxy groups -OCH3 is 1. The maximum atomic E-state index is 12.5. The van der Waals surface area contributed by atoms with Crippen LogP contribution < -0.4 is 10.6 Å². The summed E-state index contributed by atoms with van der Waals surface area (Å²) in [6, 6.07) is 7.16. The molecule has 0 spiro atoms. The maximum Gasteiger partial charge on any atom is 0.243 e. The SMILES string of the molecule is CN=C(NCc1ccc(S(=O)(=O)N2CCCC2)cc1)NC(C)COC.I. The molecular formula is C17H29IN4O3S. The number of aliphatic imine (C=N–C) groups is 1. The zero-order chi connectivity index (χ0) is 18.3. The molecule has 1 aromatic rings. The molecule has 1 aromatic carbocycles. The van der Waals surface area contributed by atoms with Gasteiger partial charge in [0.2, 0.25) is 10.0 Å². The molecule has 1 atom stereocenters. The molecule has 148 valence electrons. The Morgan fingerprint density at radius 2 is 1.88 bits per heavy atom. The second kappa shape index (κ2) is 11.1. The summed E-state index contributed by atoms with van der Waals surface area (Å²) in [5.74, 6) is 0.679. The molecule has 1 fully saturated rings. The van der Waals surface area contributed by atoms with Crippen LogP contribution in [0.2, 0.25) is 0 Å². The number of halogens is 1. The number of nitrogens with one attached hydrogen (secondary N) is 2. The second-order valence-corrected chi connectivity index (χ2v) is 8.12. The summed E-state index contributed by atoms with van der Waals surface area (Å²) < 4.78 is 31.7. The Hall–Kier alpha value is -0.910. The van der Waals surface area contributed by atoms with Crippen LogP contribution in [0.4, 0.5) is 0 Å². The van der Waals surface area contributed by atoms with Crippen LogP contribution in [0.25, 0.3) is 0 Å². The summed E-state index contributed by atoms with van der Waals surface area (Å²) in [6.07, 6.45) is 1.88. The molecule has 0 aromatic heterocycles. The third-order valence-electron chi connectivity index (χ3n) is 4.11. The Kier molecular flexibility index (Phi) is 9.83. The number of rotatable bonds is 7. The Bertz CT molecular complexity index is 674. The average Bonchev–Trinajstić information content (AvgIpc) is 3.14. The highest BCUT2D eigenvalue weighted by Gasteiger charge is 2.26. The predicted molar refractivity (Wildman–Crippen MR) is 115 cm³/mol. The van der Waals surface area contributed by atoms with Crippen molar-refractivity contribution in [3.63, 3.8) is 0 Å². The molecule has 0 radical (unpaired) electrons. The van der Waals surface area contributed by atoms with E-state index in [1.807, 2.05) is 19.1 Å². The number of guanidine groups is 1.